The SMILES string of the molecule is CCCCCNC(=O)C(c1cccc(C)c1O)N(C)C(=O)C(CCC(N)=O)NC(=O)OC(C)(C)C. The Kier molecular flexibility index (Phi) is 11.5. The zero-order valence-electron chi connectivity index (χ0n) is 21.6. The molecule has 1 aromatic rings. The van der Waals surface area contributed by atoms with E-state index < -0.39 is 41.5 Å². The van der Waals surface area contributed by atoms with Crippen LogP contribution in [-0.4, -0.2) is 59.1 Å². The molecule has 35 heavy (non-hydrogen) atoms. The second kappa shape index (κ2) is 13.6. The lowest BCUT2D eigenvalue weighted by Gasteiger charge is -2.32. The molecule has 0 fully saturated rings. The van der Waals surface area contributed by atoms with Gasteiger partial charge in [0.25, 0.3) is 0 Å². The van der Waals surface area contributed by atoms with Crippen molar-refractivity contribution in [2.45, 2.75) is 84.4 Å². The van der Waals surface area contributed by atoms with Gasteiger partial charge in [-0.05, 0) is 46.1 Å². The van der Waals surface area contributed by atoms with E-state index in [0.29, 0.717) is 12.1 Å². The Morgan fingerprint density at radius 2 is 1.83 bits per heavy atom. The highest BCUT2D eigenvalue weighted by molar-refractivity contribution is 5.92. The fourth-order valence-electron chi connectivity index (χ4n) is 3.48. The van der Waals surface area contributed by atoms with Gasteiger partial charge in [0.1, 0.15) is 23.4 Å². The van der Waals surface area contributed by atoms with E-state index in [4.69, 9.17) is 10.5 Å². The van der Waals surface area contributed by atoms with Crippen molar-refractivity contribution < 1.29 is 29.0 Å². The summed E-state index contributed by atoms with van der Waals surface area (Å²) >= 11 is 0. The molecule has 0 aliphatic rings. The number of alkyl carbamates (subject to hydrolysis) is 1. The lowest BCUT2D eigenvalue weighted by Crippen LogP contribution is -2.52. The van der Waals surface area contributed by atoms with Crippen LogP contribution in [0.2, 0.25) is 0 Å². The van der Waals surface area contributed by atoms with Crippen molar-refractivity contribution in [3.05, 3.63) is 29.3 Å². The molecule has 1 aromatic carbocycles. The molecule has 10 nitrogen and oxygen atoms in total. The van der Waals surface area contributed by atoms with Gasteiger partial charge in [0.15, 0.2) is 0 Å². The minimum Gasteiger partial charge on any atom is -0.507 e. The van der Waals surface area contributed by atoms with Gasteiger partial charge in [-0.2, -0.15) is 0 Å². The number of ether oxygens (including phenoxy) is 1. The molecule has 0 spiro atoms. The maximum absolute atomic E-state index is 13.5. The summed E-state index contributed by atoms with van der Waals surface area (Å²) in [5.41, 5.74) is 5.25. The monoisotopic (exact) mass is 492 g/mol. The third-order valence-corrected chi connectivity index (χ3v) is 5.29. The van der Waals surface area contributed by atoms with Crippen LogP contribution in [0.4, 0.5) is 4.79 Å². The number of aromatic hydroxyl groups is 1. The van der Waals surface area contributed by atoms with Gasteiger partial charge in [-0.3, -0.25) is 14.4 Å². The third-order valence-electron chi connectivity index (χ3n) is 5.29. The number of unbranched alkanes of at least 4 members (excludes halogenated alkanes) is 2. The number of nitrogens with two attached hydrogens (primary N) is 1. The number of nitrogens with zero attached hydrogens (tertiary/aromatic N) is 1. The normalized spacial score (nSPS) is 12.9. The maximum Gasteiger partial charge on any atom is 0.408 e. The van der Waals surface area contributed by atoms with Crippen LogP contribution in [0.3, 0.4) is 0 Å². The Labute approximate surface area is 207 Å². The van der Waals surface area contributed by atoms with E-state index in [1.165, 1.54) is 7.05 Å². The number of aryl methyl sites for hydroxylation is 1. The molecule has 5 N–H and O–H groups in total. The average Bonchev–Trinajstić information content (AvgIpc) is 2.75. The number of phenols is 1. The van der Waals surface area contributed by atoms with Crippen molar-refractivity contribution >= 4 is 23.8 Å². The molecule has 2 unspecified atom stereocenters. The highest BCUT2D eigenvalue weighted by Crippen LogP contribution is 2.31. The van der Waals surface area contributed by atoms with Gasteiger partial charge in [0, 0.05) is 25.6 Å². The molecule has 10 heteroatoms. The molecule has 0 aromatic heterocycles. The predicted octanol–water partition coefficient (Wildman–Crippen LogP) is 2.67. The summed E-state index contributed by atoms with van der Waals surface area (Å²) in [4.78, 5) is 51.6. The summed E-state index contributed by atoms with van der Waals surface area (Å²) in [5.74, 6) is -1.84. The van der Waals surface area contributed by atoms with Crippen LogP contribution < -0.4 is 16.4 Å². The number of benzene rings is 1. The number of primary amides is 1. The molecule has 2 atom stereocenters. The molecule has 0 saturated carbocycles. The highest BCUT2D eigenvalue weighted by atomic mass is 16.6. The smallest absolute Gasteiger partial charge is 0.408 e. The van der Waals surface area contributed by atoms with E-state index in [9.17, 15) is 24.3 Å². The zero-order chi connectivity index (χ0) is 26.8. The first-order valence-electron chi connectivity index (χ1n) is 11.9. The van der Waals surface area contributed by atoms with Crippen molar-refractivity contribution in [1.82, 2.24) is 15.5 Å². The van der Waals surface area contributed by atoms with Crippen LogP contribution in [0.15, 0.2) is 18.2 Å². The Hall–Kier alpha value is -3.30. The fourth-order valence-corrected chi connectivity index (χ4v) is 3.48. The van der Waals surface area contributed by atoms with Gasteiger partial charge in [-0.1, -0.05) is 38.0 Å². The van der Waals surface area contributed by atoms with Crippen LogP contribution in [0.25, 0.3) is 0 Å². The number of hydrogen-bond donors (Lipinski definition) is 4. The quantitative estimate of drug-likeness (QED) is 0.329. The number of hydrogen-bond acceptors (Lipinski definition) is 6. The predicted molar refractivity (Wildman–Crippen MR) is 132 cm³/mol. The molecular formula is C25H40N4O6. The van der Waals surface area contributed by atoms with E-state index in [0.717, 1.165) is 24.2 Å². The van der Waals surface area contributed by atoms with Crippen LogP contribution in [0, 0.1) is 6.92 Å². The van der Waals surface area contributed by atoms with Gasteiger partial charge in [0.2, 0.25) is 17.7 Å². The number of amides is 4. The zero-order valence-corrected chi connectivity index (χ0v) is 21.6. The maximum atomic E-state index is 13.5. The summed E-state index contributed by atoms with van der Waals surface area (Å²) in [7, 11) is 1.41. The highest BCUT2D eigenvalue weighted by Gasteiger charge is 2.35. The number of nitrogens with one attached hydrogen (secondary N) is 2. The summed E-state index contributed by atoms with van der Waals surface area (Å²) in [5, 5.41) is 16.0. The Morgan fingerprint density at radius 3 is 2.40 bits per heavy atom. The molecule has 196 valence electrons. The molecule has 0 radical (unpaired) electrons. The first kappa shape index (κ1) is 29.7. The number of para-hydroxylation sites is 1. The van der Waals surface area contributed by atoms with E-state index in [1.807, 2.05) is 6.92 Å². The molecule has 0 heterocycles. The fraction of sp³-hybridized carbons (Fsp3) is 0.600. The minimum absolute atomic E-state index is 0.0810. The van der Waals surface area contributed by atoms with Crippen molar-refractivity contribution in [3.63, 3.8) is 0 Å². The number of phenolic OH excluding ortho intramolecular Hbond substituents is 1. The molecule has 0 saturated heterocycles. The van der Waals surface area contributed by atoms with Crippen molar-refractivity contribution in [2.75, 3.05) is 13.6 Å². The van der Waals surface area contributed by atoms with Crippen LogP contribution in [0.1, 0.15) is 77.0 Å². The molecule has 4 amide bonds. The Bertz CT molecular complexity index is 896. The molecular weight excluding hydrogens is 452 g/mol. The van der Waals surface area contributed by atoms with E-state index in [2.05, 4.69) is 10.6 Å². The Balaban J connectivity index is 3.28. The lowest BCUT2D eigenvalue weighted by molar-refractivity contribution is -0.141. The number of rotatable bonds is 12. The topological polar surface area (TPSA) is 151 Å². The van der Waals surface area contributed by atoms with Gasteiger partial charge in [0.05, 0.1) is 0 Å². The summed E-state index contributed by atoms with van der Waals surface area (Å²) in [6.45, 7) is 9.19. The number of likely N-dealkylation sites (N-methyl/N-ethyl adjacent to an activating group) is 1. The van der Waals surface area contributed by atoms with Gasteiger partial charge >= 0.3 is 6.09 Å². The Morgan fingerprint density at radius 1 is 1.17 bits per heavy atom. The standard InChI is InChI=1S/C25H40N4O6/c1-7-8-9-15-27-22(32)20(17-12-10-11-16(2)21(17)31)29(6)23(33)18(13-14-19(26)30)28-24(34)35-25(3,4)5/h10-12,18,20,31H,7-9,13-15H2,1-6H3,(H2,26,30)(H,27,32)(H,28,34). The number of carbonyl (C=O) groups excluding carboxylic acids is 4. The van der Waals surface area contributed by atoms with Gasteiger partial charge in [-0.25, -0.2) is 4.79 Å². The van der Waals surface area contributed by atoms with E-state index >= 15 is 0 Å². The van der Waals surface area contributed by atoms with Crippen molar-refractivity contribution in [3.8, 4) is 5.75 Å². The van der Waals surface area contributed by atoms with Crippen LogP contribution in [-0.2, 0) is 19.1 Å². The van der Waals surface area contributed by atoms with E-state index in [-0.39, 0.29) is 24.2 Å². The molecule has 0 aliphatic carbocycles. The van der Waals surface area contributed by atoms with E-state index in [1.54, 1.807) is 45.9 Å². The largest absolute Gasteiger partial charge is 0.507 e. The van der Waals surface area contributed by atoms with Crippen molar-refractivity contribution in [2.24, 2.45) is 5.73 Å². The van der Waals surface area contributed by atoms with Gasteiger partial charge < -0.3 is 31.1 Å². The van der Waals surface area contributed by atoms with Crippen LogP contribution >= 0.6 is 0 Å². The van der Waals surface area contributed by atoms with Crippen LogP contribution in [0.5, 0.6) is 5.75 Å². The second-order valence-corrected chi connectivity index (χ2v) is 9.57. The lowest BCUT2D eigenvalue weighted by atomic mass is 9.99. The summed E-state index contributed by atoms with van der Waals surface area (Å²) < 4.78 is 5.25. The molecule has 0 bridgehead atoms. The first-order chi connectivity index (χ1) is 16.3. The second-order valence-electron chi connectivity index (χ2n) is 9.57. The minimum atomic E-state index is -1.18. The average molecular weight is 493 g/mol. The molecule has 1 rings (SSSR count). The third kappa shape index (κ3) is 9.84. The first-order valence-corrected chi connectivity index (χ1v) is 11.9. The van der Waals surface area contributed by atoms with Crippen molar-refractivity contribution in [1.29, 1.82) is 0 Å². The summed E-state index contributed by atoms with van der Waals surface area (Å²) in [6.07, 6.45) is 1.60. The molecule has 0 aliphatic heterocycles. The summed E-state index contributed by atoms with van der Waals surface area (Å²) in [6, 6.07) is 2.60. The number of carbonyl (C=O) groups is 4. The van der Waals surface area contributed by atoms with Gasteiger partial charge in [-0.15, -0.1) is 0 Å².